The van der Waals surface area contributed by atoms with Crippen molar-refractivity contribution < 1.29 is 19.0 Å². The van der Waals surface area contributed by atoms with Crippen LogP contribution in [-0.2, 0) is 6.42 Å². The maximum atomic E-state index is 13.1. The maximum absolute atomic E-state index is 13.1. The van der Waals surface area contributed by atoms with Crippen molar-refractivity contribution in [1.82, 2.24) is 0 Å². The standard InChI is InChI=1S/C17H16F2O2/c1-2-3-15-16(20)8-12(9-17(15)21)5-4-11-6-13(18)10-14(19)7-11/h4-10,20-21H,2-3H2,1H3/b5-4+. The number of halogens is 2. The van der Waals surface area contributed by atoms with Gasteiger partial charge in [-0.05, 0) is 41.8 Å². The Bertz CT molecular complexity index is 635. The number of hydrogen-bond acceptors (Lipinski definition) is 2. The predicted molar refractivity (Wildman–Crippen MR) is 79.1 cm³/mol. The molecule has 0 unspecified atom stereocenters. The molecule has 0 aliphatic carbocycles. The van der Waals surface area contributed by atoms with Gasteiger partial charge in [-0.3, -0.25) is 0 Å². The van der Waals surface area contributed by atoms with E-state index in [-0.39, 0.29) is 11.5 Å². The fourth-order valence-corrected chi connectivity index (χ4v) is 2.13. The molecule has 0 amide bonds. The lowest BCUT2D eigenvalue weighted by Gasteiger charge is -2.07. The fourth-order valence-electron chi connectivity index (χ4n) is 2.13. The van der Waals surface area contributed by atoms with Crippen molar-refractivity contribution in [1.29, 1.82) is 0 Å². The zero-order chi connectivity index (χ0) is 15.4. The molecule has 0 aromatic heterocycles. The number of benzene rings is 2. The first kappa shape index (κ1) is 15.0. The Balaban J connectivity index is 2.29. The van der Waals surface area contributed by atoms with Crippen molar-refractivity contribution in [3.63, 3.8) is 0 Å². The van der Waals surface area contributed by atoms with Crippen LogP contribution < -0.4 is 0 Å². The molecule has 0 bridgehead atoms. The third-order valence-electron chi connectivity index (χ3n) is 3.08. The van der Waals surface area contributed by atoms with E-state index in [0.717, 1.165) is 12.5 Å². The van der Waals surface area contributed by atoms with Crippen LogP contribution in [0.3, 0.4) is 0 Å². The zero-order valence-corrected chi connectivity index (χ0v) is 11.6. The van der Waals surface area contributed by atoms with Crippen LogP contribution in [0, 0.1) is 11.6 Å². The van der Waals surface area contributed by atoms with Gasteiger partial charge in [0.2, 0.25) is 0 Å². The van der Waals surface area contributed by atoms with Gasteiger partial charge in [0, 0.05) is 11.6 Å². The molecule has 2 rings (SSSR count). The molecule has 2 aromatic carbocycles. The normalized spacial score (nSPS) is 11.2. The molecule has 21 heavy (non-hydrogen) atoms. The van der Waals surface area contributed by atoms with E-state index in [1.807, 2.05) is 6.92 Å². The first-order valence-corrected chi connectivity index (χ1v) is 6.68. The summed E-state index contributed by atoms with van der Waals surface area (Å²) in [4.78, 5) is 0. The average Bonchev–Trinajstić information content (AvgIpc) is 2.39. The number of aromatic hydroxyl groups is 2. The summed E-state index contributed by atoms with van der Waals surface area (Å²) < 4.78 is 26.1. The molecule has 2 aromatic rings. The Morgan fingerprint density at radius 2 is 1.33 bits per heavy atom. The maximum Gasteiger partial charge on any atom is 0.126 e. The third kappa shape index (κ3) is 3.81. The lowest BCUT2D eigenvalue weighted by atomic mass is 10.0. The molecule has 0 aliphatic rings. The van der Waals surface area contributed by atoms with Gasteiger partial charge in [0.15, 0.2) is 0 Å². The summed E-state index contributed by atoms with van der Waals surface area (Å²) in [5, 5.41) is 19.7. The Morgan fingerprint density at radius 1 is 0.857 bits per heavy atom. The van der Waals surface area contributed by atoms with Gasteiger partial charge in [-0.25, -0.2) is 8.78 Å². The van der Waals surface area contributed by atoms with E-state index in [2.05, 4.69) is 0 Å². The minimum Gasteiger partial charge on any atom is -0.508 e. The van der Waals surface area contributed by atoms with Crippen molar-refractivity contribution in [3.05, 3.63) is 58.7 Å². The Hall–Kier alpha value is -2.36. The molecule has 2 N–H and O–H groups in total. The van der Waals surface area contributed by atoms with Gasteiger partial charge >= 0.3 is 0 Å². The van der Waals surface area contributed by atoms with E-state index < -0.39 is 11.6 Å². The molecule has 110 valence electrons. The zero-order valence-electron chi connectivity index (χ0n) is 11.6. The first-order chi connectivity index (χ1) is 9.99. The highest BCUT2D eigenvalue weighted by atomic mass is 19.1. The van der Waals surface area contributed by atoms with Gasteiger partial charge in [-0.15, -0.1) is 0 Å². The Kier molecular flexibility index (Phi) is 4.58. The quantitative estimate of drug-likeness (QED) is 0.814. The van der Waals surface area contributed by atoms with Crippen LogP contribution >= 0.6 is 0 Å². The summed E-state index contributed by atoms with van der Waals surface area (Å²) in [5.74, 6) is -1.28. The molecule has 0 fully saturated rings. The Morgan fingerprint density at radius 3 is 1.81 bits per heavy atom. The topological polar surface area (TPSA) is 40.5 Å². The number of rotatable bonds is 4. The van der Waals surface area contributed by atoms with Gasteiger partial charge in [-0.2, -0.15) is 0 Å². The third-order valence-corrected chi connectivity index (χ3v) is 3.08. The molecule has 0 aliphatic heterocycles. The number of phenolic OH excluding ortho intramolecular Hbond substituents is 2. The fraction of sp³-hybridized carbons (Fsp3) is 0.176. The average molecular weight is 290 g/mol. The summed E-state index contributed by atoms with van der Waals surface area (Å²) in [6, 6.07) is 6.22. The van der Waals surface area contributed by atoms with Gasteiger partial charge in [0.05, 0.1) is 0 Å². The molecule has 0 spiro atoms. The highest BCUT2D eigenvalue weighted by molar-refractivity contribution is 5.71. The van der Waals surface area contributed by atoms with Crippen molar-refractivity contribution in [3.8, 4) is 11.5 Å². The van der Waals surface area contributed by atoms with Crippen LogP contribution in [0.25, 0.3) is 12.2 Å². The van der Waals surface area contributed by atoms with Crippen molar-refractivity contribution in [2.24, 2.45) is 0 Å². The van der Waals surface area contributed by atoms with Gasteiger partial charge < -0.3 is 10.2 Å². The molecular formula is C17H16F2O2. The molecule has 4 heteroatoms. The van der Waals surface area contributed by atoms with Crippen LogP contribution in [0.2, 0.25) is 0 Å². The van der Waals surface area contributed by atoms with E-state index >= 15 is 0 Å². The van der Waals surface area contributed by atoms with E-state index in [0.29, 0.717) is 23.1 Å². The highest BCUT2D eigenvalue weighted by Gasteiger charge is 2.07. The molecule has 0 atom stereocenters. The molecule has 0 heterocycles. The van der Waals surface area contributed by atoms with Gasteiger partial charge in [-0.1, -0.05) is 25.5 Å². The van der Waals surface area contributed by atoms with Gasteiger partial charge in [0.25, 0.3) is 0 Å². The summed E-state index contributed by atoms with van der Waals surface area (Å²) >= 11 is 0. The molecule has 0 saturated carbocycles. The minimum absolute atomic E-state index is 0.0157. The van der Waals surface area contributed by atoms with Crippen LogP contribution in [0.15, 0.2) is 30.3 Å². The smallest absolute Gasteiger partial charge is 0.126 e. The number of phenols is 2. The summed E-state index contributed by atoms with van der Waals surface area (Å²) in [6.45, 7) is 1.95. The van der Waals surface area contributed by atoms with E-state index in [9.17, 15) is 19.0 Å². The minimum atomic E-state index is -0.654. The first-order valence-electron chi connectivity index (χ1n) is 6.68. The van der Waals surface area contributed by atoms with E-state index in [4.69, 9.17) is 0 Å². The van der Waals surface area contributed by atoms with Crippen LogP contribution in [0.5, 0.6) is 11.5 Å². The van der Waals surface area contributed by atoms with Crippen molar-refractivity contribution in [2.75, 3.05) is 0 Å². The molecule has 2 nitrogen and oxygen atoms in total. The lowest BCUT2D eigenvalue weighted by Crippen LogP contribution is -1.87. The second kappa shape index (κ2) is 6.39. The highest BCUT2D eigenvalue weighted by Crippen LogP contribution is 2.30. The monoisotopic (exact) mass is 290 g/mol. The van der Waals surface area contributed by atoms with Crippen LogP contribution in [-0.4, -0.2) is 10.2 Å². The summed E-state index contributed by atoms with van der Waals surface area (Å²) in [6.07, 6.45) is 4.47. The predicted octanol–water partition coefficient (Wildman–Crippen LogP) is 4.50. The lowest BCUT2D eigenvalue weighted by molar-refractivity contribution is 0.437. The van der Waals surface area contributed by atoms with Crippen LogP contribution in [0.1, 0.15) is 30.0 Å². The molecule has 0 radical (unpaired) electrons. The second-order valence-corrected chi connectivity index (χ2v) is 4.82. The van der Waals surface area contributed by atoms with Crippen LogP contribution in [0.4, 0.5) is 8.78 Å². The second-order valence-electron chi connectivity index (χ2n) is 4.82. The summed E-state index contributed by atoms with van der Waals surface area (Å²) in [5.41, 5.74) is 1.42. The Labute approximate surface area is 122 Å². The number of hydrogen-bond donors (Lipinski definition) is 2. The van der Waals surface area contributed by atoms with E-state index in [1.54, 1.807) is 6.08 Å². The SMILES string of the molecule is CCCc1c(O)cc(/C=C/c2cc(F)cc(F)c2)cc1O. The van der Waals surface area contributed by atoms with Crippen molar-refractivity contribution in [2.45, 2.75) is 19.8 Å². The van der Waals surface area contributed by atoms with E-state index in [1.165, 1.54) is 30.3 Å². The molecule has 0 saturated heterocycles. The molecular weight excluding hydrogens is 274 g/mol. The van der Waals surface area contributed by atoms with Gasteiger partial charge in [0.1, 0.15) is 23.1 Å². The summed E-state index contributed by atoms with van der Waals surface area (Å²) in [7, 11) is 0. The van der Waals surface area contributed by atoms with Crippen molar-refractivity contribution >= 4 is 12.2 Å². The largest absolute Gasteiger partial charge is 0.508 e.